The molecule has 16 heavy (non-hydrogen) atoms. The van der Waals surface area contributed by atoms with Crippen LogP contribution in [-0.4, -0.2) is 36.5 Å². The second-order valence-electron chi connectivity index (χ2n) is 3.68. The van der Waals surface area contributed by atoms with E-state index >= 15 is 0 Å². The Hall–Kier alpha value is -1.04. The van der Waals surface area contributed by atoms with E-state index in [1.54, 1.807) is 13.3 Å². The first-order valence-corrected chi connectivity index (χ1v) is 5.55. The van der Waals surface area contributed by atoms with Crippen molar-refractivity contribution in [2.24, 2.45) is 5.73 Å². The molecular weight excluding hydrogens is 204 g/mol. The van der Waals surface area contributed by atoms with Crippen LogP contribution in [0, 0.1) is 0 Å². The second-order valence-corrected chi connectivity index (χ2v) is 3.68. The molecule has 0 spiro atoms. The Balaban J connectivity index is 2.31. The van der Waals surface area contributed by atoms with Gasteiger partial charge >= 0.3 is 0 Å². The summed E-state index contributed by atoms with van der Waals surface area (Å²) < 4.78 is 5.15. The van der Waals surface area contributed by atoms with Gasteiger partial charge in [0.05, 0.1) is 12.3 Å². The third kappa shape index (κ3) is 5.16. The van der Waals surface area contributed by atoms with E-state index in [0.29, 0.717) is 25.7 Å². The molecule has 1 unspecified atom stereocenters. The number of hydrogen-bond donors (Lipinski definition) is 2. The van der Waals surface area contributed by atoms with Crippen LogP contribution >= 0.6 is 0 Å². The van der Waals surface area contributed by atoms with Crippen molar-refractivity contribution < 1.29 is 4.74 Å². The minimum absolute atomic E-state index is 0.329. The van der Waals surface area contributed by atoms with Crippen LogP contribution in [0.25, 0.3) is 0 Å². The topological polar surface area (TPSA) is 73.1 Å². The first-order valence-electron chi connectivity index (χ1n) is 5.55. The molecule has 0 saturated heterocycles. The van der Waals surface area contributed by atoms with Gasteiger partial charge in [-0.2, -0.15) is 10.2 Å². The van der Waals surface area contributed by atoms with Gasteiger partial charge in [-0.1, -0.05) is 0 Å². The zero-order valence-electron chi connectivity index (χ0n) is 9.72. The van der Waals surface area contributed by atoms with E-state index in [-0.39, 0.29) is 0 Å². The Morgan fingerprint density at radius 3 is 3.06 bits per heavy atom. The van der Waals surface area contributed by atoms with Gasteiger partial charge in [-0.05, 0) is 31.5 Å². The highest BCUT2D eigenvalue weighted by atomic mass is 16.5. The molecular formula is C11H20N4O. The fourth-order valence-corrected chi connectivity index (χ4v) is 1.49. The summed E-state index contributed by atoms with van der Waals surface area (Å²) in [6.07, 6.45) is 3.69. The number of hydrogen-bond acceptors (Lipinski definition) is 5. The molecule has 1 rings (SSSR count). The molecule has 0 fully saturated rings. The summed E-state index contributed by atoms with van der Waals surface area (Å²) in [5.74, 6) is 0. The third-order valence-corrected chi connectivity index (χ3v) is 2.32. The van der Waals surface area contributed by atoms with E-state index < -0.39 is 0 Å². The van der Waals surface area contributed by atoms with Crippen LogP contribution in [0.15, 0.2) is 18.3 Å². The summed E-state index contributed by atoms with van der Waals surface area (Å²) >= 11 is 0. The van der Waals surface area contributed by atoms with Crippen LogP contribution < -0.4 is 11.1 Å². The highest BCUT2D eigenvalue weighted by molar-refractivity contribution is 4.98. The standard InChI is InChI=1S/C11H20N4O/c1-16-9-11(4-2-6-12)13-8-10-5-3-7-14-15-10/h3,5,7,11,13H,2,4,6,8-9,12H2,1H3. The van der Waals surface area contributed by atoms with Gasteiger partial charge in [-0.3, -0.25) is 0 Å². The van der Waals surface area contributed by atoms with Crippen molar-refractivity contribution in [3.63, 3.8) is 0 Å². The summed E-state index contributed by atoms with van der Waals surface area (Å²) in [6.45, 7) is 2.12. The molecule has 0 aliphatic heterocycles. The lowest BCUT2D eigenvalue weighted by Crippen LogP contribution is -2.33. The highest BCUT2D eigenvalue weighted by Gasteiger charge is 2.07. The quantitative estimate of drug-likeness (QED) is 0.665. The minimum atomic E-state index is 0.329. The number of ether oxygens (including phenoxy) is 1. The largest absolute Gasteiger partial charge is 0.383 e. The Bertz CT molecular complexity index is 268. The molecule has 1 atom stereocenters. The van der Waals surface area contributed by atoms with Crippen molar-refractivity contribution in [3.05, 3.63) is 24.0 Å². The number of nitrogens with two attached hydrogens (primary N) is 1. The molecule has 0 aliphatic rings. The van der Waals surface area contributed by atoms with Crippen LogP contribution in [0.5, 0.6) is 0 Å². The van der Waals surface area contributed by atoms with E-state index in [1.807, 2.05) is 12.1 Å². The predicted molar refractivity (Wildman–Crippen MR) is 62.8 cm³/mol. The maximum atomic E-state index is 5.49. The number of aromatic nitrogens is 2. The molecule has 1 aromatic heterocycles. The van der Waals surface area contributed by atoms with Crippen LogP contribution in [0.4, 0.5) is 0 Å². The number of rotatable bonds is 8. The lowest BCUT2D eigenvalue weighted by atomic mass is 10.1. The molecule has 0 aromatic carbocycles. The Morgan fingerprint density at radius 2 is 2.44 bits per heavy atom. The van der Waals surface area contributed by atoms with Crippen LogP contribution in [-0.2, 0) is 11.3 Å². The van der Waals surface area contributed by atoms with Gasteiger partial charge in [-0.15, -0.1) is 0 Å². The average molecular weight is 224 g/mol. The summed E-state index contributed by atoms with van der Waals surface area (Å²) in [6, 6.07) is 4.16. The number of methoxy groups -OCH3 is 1. The number of nitrogens with zero attached hydrogens (tertiary/aromatic N) is 2. The smallest absolute Gasteiger partial charge is 0.0769 e. The lowest BCUT2D eigenvalue weighted by molar-refractivity contribution is 0.161. The molecule has 0 saturated carbocycles. The molecule has 0 amide bonds. The SMILES string of the molecule is COCC(CCCN)NCc1cccnn1. The van der Waals surface area contributed by atoms with Crippen molar-refractivity contribution in [1.82, 2.24) is 15.5 Å². The van der Waals surface area contributed by atoms with Crippen molar-refractivity contribution in [2.75, 3.05) is 20.3 Å². The van der Waals surface area contributed by atoms with Gasteiger partial charge in [-0.25, -0.2) is 0 Å². The fourth-order valence-electron chi connectivity index (χ4n) is 1.49. The average Bonchev–Trinajstić information content (AvgIpc) is 2.34. The summed E-state index contributed by atoms with van der Waals surface area (Å²) in [7, 11) is 1.71. The van der Waals surface area contributed by atoms with E-state index in [0.717, 1.165) is 18.5 Å². The zero-order chi connectivity index (χ0) is 11.6. The van der Waals surface area contributed by atoms with Gasteiger partial charge < -0.3 is 15.8 Å². The number of nitrogens with one attached hydrogen (secondary N) is 1. The van der Waals surface area contributed by atoms with Crippen LogP contribution in [0.3, 0.4) is 0 Å². The van der Waals surface area contributed by atoms with Crippen LogP contribution in [0.1, 0.15) is 18.5 Å². The summed E-state index contributed by atoms with van der Waals surface area (Å²) in [5.41, 5.74) is 6.43. The molecule has 0 radical (unpaired) electrons. The zero-order valence-corrected chi connectivity index (χ0v) is 9.72. The van der Waals surface area contributed by atoms with Gasteiger partial charge in [0.2, 0.25) is 0 Å². The van der Waals surface area contributed by atoms with Crippen LogP contribution in [0.2, 0.25) is 0 Å². The monoisotopic (exact) mass is 224 g/mol. The third-order valence-electron chi connectivity index (χ3n) is 2.32. The molecule has 3 N–H and O–H groups in total. The van der Waals surface area contributed by atoms with Gasteiger partial charge in [0.15, 0.2) is 0 Å². The molecule has 90 valence electrons. The van der Waals surface area contributed by atoms with Crippen molar-refractivity contribution >= 4 is 0 Å². The van der Waals surface area contributed by atoms with E-state index in [2.05, 4.69) is 15.5 Å². The van der Waals surface area contributed by atoms with Crippen molar-refractivity contribution in [1.29, 1.82) is 0 Å². The van der Waals surface area contributed by atoms with Gasteiger partial charge in [0.1, 0.15) is 0 Å². The predicted octanol–water partition coefficient (Wildman–Crippen LogP) is 0.320. The van der Waals surface area contributed by atoms with E-state index in [9.17, 15) is 0 Å². The minimum Gasteiger partial charge on any atom is -0.383 e. The van der Waals surface area contributed by atoms with E-state index in [4.69, 9.17) is 10.5 Å². The summed E-state index contributed by atoms with van der Waals surface area (Å²) in [4.78, 5) is 0. The van der Waals surface area contributed by atoms with Crippen molar-refractivity contribution in [2.45, 2.75) is 25.4 Å². The fraction of sp³-hybridized carbons (Fsp3) is 0.636. The maximum Gasteiger partial charge on any atom is 0.0769 e. The molecule has 1 heterocycles. The molecule has 1 aromatic rings. The van der Waals surface area contributed by atoms with E-state index in [1.165, 1.54) is 0 Å². The molecule has 0 aliphatic carbocycles. The Kier molecular flexibility index (Phi) is 6.64. The lowest BCUT2D eigenvalue weighted by Gasteiger charge is -2.17. The normalized spacial score (nSPS) is 12.6. The molecule has 5 nitrogen and oxygen atoms in total. The second kappa shape index (κ2) is 8.15. The Morgan fingerprint density at radius 1 is 1.56 bits per heavy atom. The van der Waals surface area contributed by atoms with Gasteiger partial charge in [0.25, 0.3) is 0 Å². The highest BCUT2D eigenvalue weighted by Crippen LogP contribution is 1.99. The van der Waals surface area contributed by atoms with Crippen molar-refractivity contribution in [3.8, 4) is 0 Å². The molecule has 5 heteroatoms. The first kappa shape index (κ1) is 13.0. The first-order chi connectivity index (χ1) is 7.86. The Labute approximate surface area is 96.4 Å². The summed E-state index contributed by atoms with van der Waals surface area (Å²) in [5, 5.41) is 11.2. The maximum absolute atomic E-state index is 5.49. The van der Waals surface area contributed by atoms with Gasteiger partial charge in [0, 0.05) is 25.9 Å². The molecule has 0 bridgehead atoms.